The van der Waals surface area contributed by atoms with Gasteiger partial charge in [-0.15, -0.1) is 0 Å². The van der Waals surface area contributed by atoms with Crippen LogP contribution in [0, 0.1) is 0 Å². The quantitative estimate of drug-likeness (QED) is 0.602. The van der Waals surface area contributed by atoms with Crippen molar-refractivity contribution in [3.63, 3.8) is 0 Å². The number of halogens is 1. The molecule has 0 saturated carbocycles. The molecule has 0 fully saturated rings. The van der Waals surface area contributed by atoms with Crippen molar-refractivity contribution in [3.05, 3.63) is 65.5 Å². The predicted octanol–water partition coefficient (Wildman–Crippen LogP) is -2.25. The first-order valence-electron chi connectivity index (χ1n) is 6.66. The standard InChI is InChI=1S/C16H17N3O2.BrH/c1-17-15(20)13-8-14(16(21)18-2)11-19(10-13)9-12-6-4-3-5-7-12;/h3-8,10-11H,9H2,1-2H3,(H-,17,18,20,21);1H. The minimum atomic E-state index is -0.220. The number of nitrogens with zero attached hydrogens (tertiary/aromatic N) is 1. The SMILES string of the molecule is CNC(=O)c1cc(C(=O)NC)c[n+](Cc2ccccc2)c1.[Br-]. The van der Waals surface area contributed by atoms with Crippen LogP contribution in [-0.2, 0) is 6.54 Å². The van der Waals surface area contributed by atoms with Crippen molar-refractivity contribution in [1.82, 2.24) is 10.6 Å². The molecule has 2 amide bonds. The van der Waals surface area contributed by atoms with E-state index >= 15 is 0 Å². The lowest BCUT2D eigenvalue weighted by Gasteiger charge is -2.04. The lowest BCUT2D eigenvalue weighted by Crippen LogP contribution is -3.00. The maximum atomic E-state index is 11.8. The summed E-state index contributed by atoms with van der Waals surface area (Å²) in [6.07, 6.45) is 3.47. The van der Waals surface area contributed by atoms with Crippen LogP contribution in [0.25, 0.3) is 0 Å². The molecule has 116 valence electrons. The fourth-order valence-corrected chi connectivity index (χ4v) is 2.06. The third kappa shape index (κ3) is 4.39. The fraction of sp³-hybridized carbons (Fsp3) is 0.188. The second-order valence-electron chi connectivity index (χ2n) is 4.63. The summed E-state index contributed by atoms with van der Waals surface area (Å²) in [6.45, 7) is 0.593. The molecule has 1 aromatic heterocycles. The molecule has 5 nitrogen and oxygen atoms in total. The lowest BCUT2D eigenvalue weighted by molar-refractivity contribution is -0.688. The van der Waals surface area contributed by atoms with E-state index in [0.29, 0.717) is 17.7 Å². The van der Waals surface area contributed by atoms with Crippen molar-refractivity contribution < 1.29 is 31.1 Å². The molecule has 0 atom stereocenters. The molecule has 1 heterocycles. The Balaban J connectivity index is 0.00000242. The summed E-state index contributed by atoms with van der Waals surface area (Å²) >= 11 is 0. The predicted molar refractivity (Wildman–Crippen MR) is 79.0 cm³/mol. The Kier molecular flexibility index (Phi) is 6.72. The normalized spacial score (nSPS) is 9.55. The van der Waals surface area contributed by atoms with Gasteiger partial charge in [-0.1, -0.05) is 30.3 Å². The van der Waals surface area contributed by atoms with E-state index in [2.05, 4.69) is 10.6 Å². The van der Waals surface area contributed by atoms with Crippen LogP contribution >= 0.6 is 0 Å². The van der Waals surface area contributed by atoms with E-state index in [1.54, 1.807) is 32.6 Å². The van der Waals surface area contributed by atoms with Crippen LogP contribution in [0.3, 0.4) is 0 Å². The van der Waals surface area contributed by atoms with Crippen LogP contribution in [0.15, 0.2) is 48.8 Å². The smallest absolute Gasteiger partial charge is 0.257 e. The van der Waals surface area contributed by atoms with Gasteiger partial charge in [0.1, 0.15) is 11.1 Å². The average molecular weight is 364 g/mol. The Bertz CT molecular complexity index is 625. The molecule has 0 bridgehead atoms. The average Bonchev–Trinajstić information content (AvgIpc) is 2.53. The number of hydrogen-bond acceptors (Lipinski definition) is 2. The largest absolute Gasteiger partial charge is 1.00 e. The summed E-state index contributed by atoms with van der Waals surface area (Å²) in [6, 6.07) is 11.4. The highest BCUT2D eigenvalue weighted by atomic mass is 79.9. The van der Waals surface area contributed by atoms with Crippen LogP contribution < -0.4 is 32.2 Å². The van der Waals surface area contributed by atoms with Gasteiger partial charge in [0.2, 0.25) is 0 Å². The molecule has 2 aromatic rings. The third-order valence-electron chi connectivity index (χ3n) is 3.11. The summed E-state index contributed by atoms with van der Waals surface area (Å²) in [5.74, 6) is -0.440. The molecule has 0 aliphatic heterocycles. The monoisotopic (exact) mass is 363 g/mol. The van der Waals surface area contributed by atoms with Gasteiger partial charge in [0.25, 0.3) is 11.8 Å². The highest BCUT2D eigenvalue weighted by molar-refractivity contribution is 5.98. The van der Waals surface area contributed by atoms with E-state index in [0.717, 1.165) is 5.56 Å². The number of nitrogens with one attached hydrogen (secondary N) is 2. The Morgan fingerprint density at radius 3 is 1.91 bits per heavy atom. The van der Waals surface area contributed by atoms with E-state index in [-0.39, 0.29) is 28.8 Å². The van der Waals surface area contributed by atoms with Crippen LogP contribution in [0.1, 0.15) is 26.3 Å². The maximum Gasteiger partial charge on any atom is 0.257 e. The summed E-state index contributed by atoms with van der Waals surface area (Å²) in [7, 11) is 3.13. The van der Waals surface area contributed by atoms with E-state index in [9.17, 15) is 9.59 Å². The second-order valence-corrected chi connectivity index (χ2v) is 4.63. The van der Waals surface area contributed by atoms with Crippen molar-refractivity contribution in [2.24, 2.45) is 0 Å². The molecule has 0 aliphatic carbocycles. The van der Waals surface area contributed by atoms with Gasteiger partial charge in [0.05, 0.1) is 0 Å². The number of rotatable bonds is 4. The Morgan fingerprint density at radius 2 is 1.45 bits per heavy atom. The number of aromatic nitrogens is 1. The fourth-order valence-electron chi connectivity index (χ4n) is 2.06. The number of carbonyl (C=O) groups is 2. The maximum absolute atomic E-state index is 11.8. The van der Waals surface area contributed by atoms with Crippen LogP contribution in [0.2, 0.25) is 0 Å². The first-order chi connectivity index (χ1) is 10.1. The van der Waals surface area contributed by atoms with Crippen LogP contribution in [-0.4, -0.2) is 25.9 Å². The Morgan fingerprint density at radius 1 is 0.955 bits per heavy atom. The van der Waals surface area contributed by atoms with Crippen molar-refractivity contribution >= 4 is 11.8 Å². The van der Waals surface area contributed by atoms with E-state index in [1.165, 1.54) is 0 Å². The first kappa shape index (κ1) is 17.8. The van der Waals surface area contributed by atoms with Gasteiger partial charge < -0.3 is 27.6 Å². The number of benzene rings is 1. The van der Waals surface area contributed by atoms with Crippen molar-refractivity contribution in [2.75, 3.05) is 14.1 Å². The number of amides is 2. The van der Waals surface area contributed by atoms with Gasteiger partial charge >= 0.3 is 0 Å². The molecule has 1 aromatic carbocycles. The van der Waals surface area contributed by atoms with E-state index in [4.69, 9.17) is 0 Å². The zero-order valence-corrected chi connectivity index (χ0v) is 14.1. The third-order valence-corrected chi connectivity index (χ3v) is 3.11. The number of pyridine rings is 1. The molecule has 0 saturated heterocycles. The highest BCUT2D eigenvalue weighted by Gasteiger charge is 2.16. The summed E-state index contributed by atoms with van der Waals surface area (Å²) in [5, 5.41) is 5.15. The van der Waals surface area contributed by atoms with Crippen molar-refractivity contribution in [3.8, 4) is 0 Å². The van der Waals surface area contributed by atoms with Gasteiger partial charge in [0, 0.05) is 19.7 Å². The van der Waals surface area contributed by atoms with Gasteiger partial charge in [-0.25, -0.2) is 0 Å². The van der Waals surface area contributed by atoms with Crippen LogP contribution in [0.4, 0.5) is 0 Å². The molecule has 0 radical (unpaired) electrons. The zero-order chi connectivity index (χ0) is 15.2. The minimum absolute atomic E-state index is 0. The molecular weight excluding hydrogens is 346 g/mol. The summed E-state index contributed by atoms with van der Waals surface area (Å²) in [4.78, 5) is 23.7. The van der Waals surface area contributed by atoms with Crippen molar-refractivity contribution in [2.45, 2.75) is 6.54 Å². The highest BCUT2D eigenvalue weighted by Crippen LogP contribution is 2.04. The molecule has 0 aliphatic rings. The summed E-state index contributed by atoms with van der Waals surface area (Å²) < 4.78 is 1.84. The molecule has 0 unspecified atom stereocenters. The minimum Gasteiger partial charge on any atom is -1.00 e. The van der Waals surface area contributed by atoms with Crippen LogP contribution in [0.5, 0.6) is 0 Å². The van der Waals surface area contributed by atoms with Gasteiger partial charge in [-0.2, -0.15) is 4.57 Å². The van der Waals surface area contributed by atoms with Gasteiger partial charge in [-0.05, 0) is 6.07 Å². The number of carbonyl (C=O) groups excluding carboxylic acids is 2. The topological polar surface area (TPSA) is 62.1 Å². The lowest BCUT2D eigenvalue weighted by atomic mass is 10.1. The molecule has 2 N–H and O–H groups in total. The van der Waals surface area contributed by atoms with E-state index < -0.39 is 0 Å². The molecule has 6 heteroatoms. The summed E-state index contributed by atoms with van der Waals surface area (Å²) in [5.41, 5.74) is 2.00. The number of hydrogen-bond donors (Lipinski definition) is 2. The molecule has 0 spiro atoms. The van der Waals surface area contributed by atoms with E-state index in [1.807, 2.05) is 34.9 Å². The second kappa shape index (κ2) is 8.29. The molecule has 2 rings (SSSR count). The Labute approximate surface area is 140 Å². The van der Waals surface area contributed by atoms with Gasteiger partial charge in [0.15, 0.2) is 18.9 Å². The van der Waals surface area contributed by atoms with Gasteiger partial charge in [-0.3, -0.25) is 9.59 Å². The molecule has 22 heavy (non-hydrogen) atoms. The molecular formula is C16H18BrN3O2. The van der Waals surface area contributed by atoms with Crippen molar-refractivity contribution in [1.29, 1.82) is 0 Å². The Hall–Kier alpha value is -2.21. The zero-order valence-electron chi connectivity index (χ0n) is 12.5. The first-order valence-corrected chi connectivity index (χ1v) is 6.66.